The lowest BCUT2D eigenvalue weighted by atomic mass is 10.2. The summed E-state index contributed by atoms with van der Waals surface area (Å²) in [6, 6.07) is 12.2. The molecule has 3 rings (SSSR count). The maximum Gasteiger partial charge on any atom is 0.270 e. The molecule has 110 valence electrons. The van der Waals surface area contributed by atoms with Crippen LogP contribution in [0.3, 0.4) is 0 Å². The maximum absolute atomic E-state index is 13.0. The van der Waals surface area contributed by atoms with E-state index < -0.39 is 0 Å². The number of benzene rings is 2. The van der Waals surface area contributed by atoms with Crippen LogP contribution in [0.1, 0.15) is 5.56 Å². The fraction of sp³-hybridized carbons (Fsp3) is 0. The summed E-state index contributed by atoms with van der Waals surface area (Å²) >= 11 is 6.41. The molecule has 1 saturated heterocycles. The van der Waals surface area contributed by atoms with Crippen molar-refractivity contribution in [2.24, 2.45) is 0 Å². The fourth-order valence-electron chi connectivity index (χ4n) is 2.05. The molecular weight excluding hydrogens is 321 g/mol. The molecule has 0 aliphatic carbocycles. The Balaban J connectivity index is 1.93. The normalized spacial score (nSPS) is 16.6. The third-order valence-electron chi connectivity index (χ3n) is 3.05. The van der Waals surface area contributed by atoms with Crippen molar-refractivity contribution in [1.82, 2.24) is 0 Å². The van der Waals surface area contributed by atoms with Gasteiger partial charge in [0.15, 0.2) is 4.32 Å². The molecule has 1 fully saturated rings. The molecule has 1 amide bonds. The number of nitrogens with zero attached hydrogens (tertiary/aromatic N) is 1. The Hall–Kier alpha value is -2.18. The maximum atomic E-state index is 13.0. The van der Waals surface area contributed by atoms with E-state index in [2.05, 4.69) is 0 Å². The van der Waals surface area contributed by atoms with Crippen molar-refractivity contribution in [2.75, 3.05) is 4.90 Å². The van der Waals surface area contributed by atoms with Gasteiger partial charge >= 0.3 is 0 Å². The monoisotopic (exact) mass is 331 g/mol. The van der Waals surface area contributed by atoms with Crippen LogP contribution in [0, 0.1) is 5.82 Å². The second-order valence-electron chi connectivity index (χ2n) is 4.59. The van der Waals surface area contributed by atoms with Gasteiger partial charge in [-0.1, -0.05) is 36.1 Å². The molecule has 0 bridgehead atoms. The fourth-order valence-corrected chi connectivity index (χ4v) is 3.35. The second kappa shape index (κ2) is 5.90. The molecule has 0 atom stereocenters. The molecule has 0 aromatic heterocycles. The van der Waals surface area contributed by atoms with Crippen molar-refractivity contribution in [2.45, 2.75) is 0 Å². The molecule has 0 spiro atoms. The smallest absolute Gasteiger partial charge is 0.270 e. The van der Waals surface area contributed by atoms with Gasteiger partial charge in [-0.05, 0) is 48.0 Å². The SMILES string of the molecule is O=C1/C(=C\c2cccc(O)c2)SC(=S)N1c1ccc(F)cc1. The average Bonchev–Trinajstić information content (AvgIpc) is 2.75. The number of carbonyl (C=O) groups is 1. The van der Waals surface area contributed by atoms with Crippen molar-refractivity contribution in [3.05, 3.63) is 64.8 Å². The summed E-state index contributed by atoms with van der Waals surface area (Å²) in [5.74, 6) is -0.503. The highest BCUT2D eigenvalue weighted by molar-refractivity contribution is 8.27. The topological polar surface area (TPSA) is 40.5 Å². The highest BCUT2D eigenvalue weighted by Gasteiger charge is 2.33. The standard InChI is InChI=1S/C16H10FNO2S2/c17-11-4-6-12(7-5-11)18-15(20)14(22-16(18)21)9-10-2-1-3-13(19)8-10/h1-9,19H/b14-9+. The zero-order chi connectivity index (χ0) is 15.7. The quantitative estimate of drug-likeness (QED) is 0.668. The van der Waals surface area contributed by atoms with Gasteiger partial charge in [-0.2, -0.15) is 0 Å². The molecule has 1 heterocycles. The van der Waals surface area contributed by atoms with Gasteiger partial charge in [0.05, 0.1) is 10.6 Å². The van der Waals surface area contributed by atoms with E-state index in [1.54, 1.807) is 30.3 Å². The number of thioether (sulfide) groups is 1. The van der Waals surface area contributed by atoms with Crippen molar-refractivity contribution in [3.63, 3.8) is 0 Å². The summed E-state index contributed by atoms with van der Waals surface area (Å²) in [5.41, 5.74) is 1.24. The van der Waals surface area contributed by atoms with Gasteiger partial charge in [0.25, 0.3) is 5.91 Å². The lowest BCUT2D eigenvalue weighted by Gasteiger charge is -2.14. The number of amides is 1. The van der Waals surface area contributed by atoms with Crippen LogP contribution in [0.15, 0.2) is 53.4 Å². The van der Waals surface area contributed by atoms with E-state index in [9.17, 15) is 14.3 Å². The minimum absolute atomic E-state index is 0.128. The first kappa shape index (κ1) is 14.7. The van der Waals surface area contributed by atoms with Gasteiger partial charge in [0.1, 0.15) is 11.6 Å². The highest BCUT2D eigenvalue weighted by atomic mass is 32.2. The Morgan fingerprint density at radius 3 is 2.59 bits per heavy atom. The summed E-state index contributed by atoms with van der Waals surface area (Å²) < 4.78 is 13.4. The van der Waals surface area contributed by atoms with Gasteiger partial charge in [-0.15, -0.1) is 0 Å². The first-order valence-electron chi connectivity index (χ1n) is 6.37. The molecule has 3 nitrogen and oxygen atoms in total. The Morgan fingerprint density at radius 2 is 1.91 bits per heavy atom. The molecule has 1 N–H and O–H groups in total. The number of hydrogen-bond donors (Lipinski definition) is 1. The van der Waals surface area contributed by atoms with Crippen molar-refractivity contribution in [3.8, 4) is 5.75 Å². The highest BCUT2D eigenvalue weighted by Crippen LogP contribution is 2.36. The largest absolute Gasteiger partial charge is 0.508 e. The van der Waals surface area contributed by atoms with E-state index in [4.69, 9.17) is 12.2 Å². The van der Waals surface area contributed by atoms with Crippen molar-refractivity contribution in [1.29, 1.82) is 0 Å². The summed E-state index contributed by atoms with van der Waals surface area (Å²) in [5, 5.41) is 9.47. The van der Waals surface area contributed by atoms with Crippen molar-refractivity contribution < 1.29 is 14.3 Å². The Morgan fingerprint density at radius 1 is 1.18 bits per heavy atom. The summed E-state index contributed by atoms with van der Waals surface area (Å²) in [6.07, 6.45) is 1.67. The third kappa shape index (κ3) is 2.88. The van der Waals surface area contributed by atoms with Gasteiger partial charge in [0.2, 0.25) is 0 Å². The zero-order valence-electron chi connectivity index (χ0n) is 11.2. The van der Waals surface area contributed by atoms with Crippen LogP contribution in [0.2, 0.25) is 0 Å². The van der Waals surface area contributed by atoms with Gasteiger partial charge in [-0.3, -0.25) is 9.69 Å². The molecular formula is C16H10FNO2S2. The van der Waals surface area contributed by atoms with Gasteiger partial charge < -0.3 is 5.11 Å². The number of carbonyl (C=O) groups excluding carboxylic acids is 1. The third-order valence-corrected chi connectivity index (χ3v) is 4.35. The molecule has 1 aliphatic heterocycles. The van der Waals surface area contributed by atoms with Crippen LogP contribution >= 0.6 is 24.0 Å². The minimum Gasteiger partial charge on any atom is -0.508 e. The van der Waals surface area contributed by atoms with E-state index in [1.165, 1.54) is 40.9 Å². The molecule has 22 heavy (non-hydrogen) atoms. The van der Waals surface area contributed by atoms with Crippen LogP contribution in [-0.4, -0.2) is 15.3 Å². The van der Waals surface area contributed by atoms with E-state index in [-0.39, 0.29) is 17.5 Å². The molecule has 0 saturated carbocycles. The molecule has 0 radical (unpaired) electrons. The van der Waals surface area contributed by atoms with Crippen LogP contribution in [0.4, 0.5) is 10.1 Å². The van der Waals surface area contributed by atoms with Crippen LogP contribution in [0.25, 0.3) is 6.08 Å². The number of phenols is 1. The Kier molecular flexibility index (Phi) is 3.96. The van der Waals surface area contributed by atoms with E-state index in [1.807, 2.05) is 0 Å². The van der Waals surface area contributed by atoms with Gasteiger partial charge in [0, 0.05) is 0 Å². The summed E-state index contributed by atoms with van der Waals surface area (Å²) in [7, 11) is 0. The van der Waals surface area contributed by atoms with Crippen molar-refractivity contribution >= 4 is 46.0 Å². The number of aromatic hydroxyl groups is 1. The summed E-state index contributed by atoms with van der Waals surface area (Å²) in [6.45, 7) is 0. The number of phenolic OH excluding ortho intramolecular Hbond substituents is 1. The van der Waals surface area contributed by atoms with Crippen LogP contribution < -0.4 is 4.90 Å². The number of halogens is 1. The number of thiocarbonyl (C=S) groups is 1. The lowest BCUT2D eigenvalue weighted by Crippen LogP contribution is -2.27. The Bertz CT molecular complexity index is 787. The van der Waals surface area contributed by atoms with Gasteiger partial charge in [-0.25, -0.2) is 4.39 Å². The molecule has 2 aromatic rings. The number of hydrogen-bond acceptors (Lipinski definition) is 4. The lowest BCUT2D eigenvalue weighted by molar-refractivity contribution is -0.113. The molecule has 2 aromatic carbocycles. The van der Waals surface area contributed by atoms with E-state index in [0.29, 0.717) is 20.5 Å². The first-order chi connectivity index (χ1) is 10.5. The van der Waals surface area contributed by atoms with Crippen LogP contribution in [-0.2, 0) is 4.79 Å². The summed E-state index contributed by atoms with van der Waals surface area (Å²) in [4.78, 5) is 14.3. The number of anilines is 1. The second-order valence-corrected chi connectivity index (χ2v) is 6.26. The van der Waals surface area contributed by atoms with E-state index >= 15 is 0 Å². The predicted octanol–water partition coefficient (Wildman–Crippen LogP) is 3.94. The van der Waals surface area contributed by atoms with Crippen LogP contribution in [0.5, 0.6) is 5.75 Å². The predicted molar refractivity (Wildman–Crippen MR) is 90.2 cm³/mol. The average molecular weight is 331 g/mol. The molecule has 1 aliphatic rings. The first-order valence-corrected chi connectivity index (χ1v) is 7.59. The Labute approximate surface area is 136 Å². The molecule has 0 unspecified atom stereocenters. The minimum atomic E-state index is -0.371. The molecule has 6 heteroatoms. The zero-order valence-corrected chi connectivity index (χ0v) is 12.8. The van der Waals surface area contributed by atoms with E-state index in [0.717, 1.165) is 0 Å². The number of rotatable bonds is 2.